The maximum Gasteiger partial charge on any atom is 0.0730 e. The van der Waals surface area contributed by atoms with E-state index in [4.69, 9.17) is 0 Å². The summed E-state index contributed by atoms with van der Waals surface area (Å²) >= 11 is 0. The molecule has 1 aromatic heterocycles. The van der Waals surface area contributed by atoms with Crippen LogP contribution >= 0.6 is 0 Å². The monoisotopic (exact) mass is 139 g/mol. The van der Waals surface area contributed by atoms with Crippen molar-refractivity contribution < 1.29 is 0 Å². The normalized spacial score (nSPS) is 12.0. The van der Waals surface area contributed by atoms with Crippen LogP contribution in [-0.4, -0.2) is 15.0 Å². The molecule has 0 bridgehead atoms. The molecule has 0 fully saturated rings. The van der Waals surface area contributed by atoms with Crippen molar-refractivity contribution in [3.63, 3.8) is 0 Å². The van der Waals surface area contributed by atoms with E-state index in [1.807, 2.05) is 7.05 Å². The van der Waals surface area contributed by atoms with E-state index < -0.39 is 0 Å². The molecule has 3 nitrogen and oxygen atoms in total. The van der Waals surface area contributed by atoms with Crippen LogP contribution in [0.4, 0.5) is 0 Å². The van der Waals surface area contributed by atoms with Gasteiger partial charge in [0.05, 0.1) is 11.9 Å². The van der Waals surface area contributed by atoms with E-state index in [9.17, 15) is 0 Å². The molecule has 0 radical (unpaired) electrons. The van der Waals surface area contributed by atoms with E-state index >= 15 is 0 Å². The average Bonchev–Trinajstić information content (AvgIpc) is 2.11. The van der Waals surface area contributed by atoms with Crippen LogP contribution in [0.2, 0.25) is 0 Å². The summed E-state index contributed by atoms with van der Waals surface area (Å²) in [5.41, 5.74) is 1.31. The molecule has 0 N–H and O–H groups in total. The zero-order chi connectivity index (χ0) is 7.78. The molecule has 0 aliphatic carbocycles. The molecule has 0 aliphatic rings. The fourth-order valence-electron chi connectivity index (χ4n) is 0.969. The van der Waals surface area contributed by atoms with Crippen LogP contribution in [0.1, 0.15) is 26.5 Å². The first-order valence-corrected chi connectivity index (χ1v) is 3.37. The quantitative estimate of drug-likeness (QED) is 0.539. The van der Waals surface area contributed by atoms with Gasteiger partial charge in [0.1, 0.15) is 0 Å². The van der Waals surface area contributed by atoms with Gasteiger partial charge in [-0.3, -0.25) is 4.68 Å². The summed E-state index contributed by atoms with van der Waals surface area (Å²) in [7, 11) is 1.91. The molecule has 3 heteroatoms. The van der Waals surface area contributed by atoms with E-state index in [2.05, 4.69) is 31.1 Å². The van der Waals surface area contributed by atoms with Gasteiger partial charge in [-0.05, 0) is 0 Å². The number of hydrogen-bond donors (Lipinski definition) is 0. The van der Waals surface area contributed by atoms with Crippen molar-refractivity contribution in [1.29, 1.82) is 0 Å². The molecule has 0 aromatic carbocycles. The van der Waals surface area contributed by atoms with Crippen molar-refractivity contribution in [2.45, 2.75) is 26.2 Å². The highest BCUT2D eigenvalue weighted by molar-refractivity contribution is 5.06. The Morgan fingerprint density at radius 1 is 1.40 bits per heavy atom. The molecule has 0 saturated heterocycles. The van der Waals surface area contributed by atoms with Crippen molar-refractivity contribution in [3.8, 4) is 0 Å². The van der Waals surface area contributed by atoms with E-state index in [0.717, 1.165) is 5.69 Å². The van der Waals surface area contributed by atoms with Gasteiger partial charge >= 0.3 is 0 Å². The second-order valence-electron chi connectivity index (χ2n) is 3.49. The first kappa shape index (κ1) is 7.25. The van der Waals surface area contributed by atoms with Crippen LogP contribution in [0.25, 0.3) is 0 Å². The highest BCUT2D eigenvalue weighted by atomic mass is 15.4. The number of nitrogens with zero attached hydrogens (tertiary/aromatic N) is 3. The Morgan fingerprint density at radius 2 is 2.00 bits per heavy atom. The zero-order valence-corrected chi connectivity index (χ0v) is 6.92. The first-order valence-electron chi connectivity index (χ1n) is 3.37. The summed E-state index contributed by atoms with van der Waals surface area (Å²) in [4.78, 5) is 0. The molecule has 0 atom stereocenters. The van der Waals surface area contributed by atoms with Gasteiger partial charge < -0.3 is 0 Å². The maximum absolute atomic E-state index is 3.85. The summed E-state index contributed by atoms with van der Waals surface area (Å²) < 4.78 is 1.81. The van der Waals surface area contributed by atoms with Gasteiger partial charge in [0.2, 0.25) is 0 Å². The van der Waals surface area contributed by atoms with Crippen LogP contribution in [0.5, 0.6) is 0 Å². The molecule has 0 amide bonds. The average molecular weight is 139 g/mol. The number of aryl methyl sites for hydroxylation is 1. The highest BCUT2D eigenvalue weighted by Crippen LogP contribution is 2.19. The SMILES string of the molecule is Cn1nncc1C(C)(C)C. The number of rotatable bonds is 0. The zero-order valence-electron chi connectivity index (χ0n) is 6.92. The van der Waals surface area contributed by atoms with Crippen molar-refractivity contribution in [1.82, 2.24) is 15.0 Å². The lowest BCUT2D eigenvalue weighted by Gasteiger charge is -2.16. The minimum atomic E-state index is 0.151. The van der Waals surface area contributed by atoms with E-state index in [1.165, 1.54) is 0 Å². The van der Waals surface area contributed by atoms with Crippen molar-refractivity contribution in [2.24, 2.45) is 7.05 Å². The second kappa shape index (κ2) is 2.08. The Kier molecular flexibility index (Phi) is 1.50. The number of hydrogen-bond acceptors (Lipinski definition) is 2. The predicted octanol–water partition coefficient (Wildman–Crippen LogP) is 1.11. The Hall–Kier alpha value is -0.860. The minimum Gasteiger partial charge on any atom is -0.252 e. The van der Waals surface area contributed by atoms with Crippen molar-refractivity contribution in [2.75, 3.05) is 0 Å². The smallest absolute Gasteiger partial charge is 0.0730 e. The largest absolute Gasteiger partial charge is 0.252 e. The molecule has 1 heterocycles. The summed E-state index contributed by atoms with van der Waals surface area (Å²) in [6.45, 7) is 6.43. The van der Waals surface area contributed by atoms with Crippen LogP contribution in [-0.2, 0) is 12.5 Å². The molecule has 56 valence electrons. The Labute approximate surface area is 61.1 Å². The maximum atomic E-state index is 3.85. The molecule has 1 aromatic rings. The van der Waals surface area contributed by atoms with Crippen molar-refractivity contribution in [3.05, 3.63) is 11.9 Å². The second-order valence-corrected chi connectivity index (χ2v) is 3.49. The van der Waals surface area contributed by atoms with Crippen molar-refractivity contribution >= 4 is 0 Å². The molecule has 0 saturated carbocycles. The summed E-state index contributed by atoms with van der Waals surface area (Å²) in [5.74, 6) is 0. The standard InChI is InChI=1S/C7H13N3/c1-7(2,3)6-5-8-9-10(6)4/h5H,1-4H3. The lowest BCUT2D eigenvalue weighted by molar-refractivity contribution is 0.520. The van der Waals surface area contributed by atoms with Crippen LogP contribution in [0.3, 0.4) is 0 Å². The molecular formula is C7H13N3. The van der Waals surface area contributed by atoms with Gasteiger partial charge in [-0.25, -0.2) is 0 Å². The Morgan fingerprint density at radius 3 is 2.20 bits per heavy atom. The third kappa shape index (κ3) is 1.17. The third-order valence-corrected chi connectivity index (χ3v) is 1.48. The Balaban J connectivity index is 3.05. The van der Waals surface area contributed by atoms with Gasteiger partial charge in [0, 0.05) is 12.5 Å². The van der Waals surface area contributed by atoms with Crippen LogP contribution in [0, 0.1) is 0 Å². The number of aromatic nitrogens is 3. The topological polar surface area (TPSA) is 30.7 Å². The minimum absolute atomic E-state index is 0.151. The summed E-state index contributed by atoms with van der Waals surface area (Å²) in [6, 6.07) is 0. The molecule has 0 spiro atoms. The lowest BCUT2D eigenvalue weighted by Crippen LogP contribution is -2.16. The molecule has 1 rings (SSSR count). The van der Waals surface area contributed by atoms with Crippen LogP contribution in [0.15, 0.2) is 6.20 Å². The summed E-state index contributed by atoms with van der Waals surface area (Å²) in [6.07, 6.45) is 1.81. The fraction of sp³-hybridized carbons (Fsp3) is 0.714. The third-order valence-electron chi connectivity index (χ3n) is 1.48. The van der Waals surface area contributed by atoms with Gasteiger partial charge in [0.25, 0.3) is 0 Å². The highest BCUT2D eigenvalue weighted by Gasteiger charge is 2.17. The van der Waals surface area contributed by atoms with E-state index in [0.29, 0.717) is 0 Å². The molecule has 10 heavy (non-hydrogen) atoms. The fourth-order valence-corrected chi connectivity index (χ4v) is 0.969. The van der Waals surface area contributed by atoms with Crippen LogP contribution < -0.4 is 0 Å². The predicted molar refractivity (Wildman–Crippen MR) is 39.7 cm³/mol. The van der Waals surface area contributed by atoms with E-state index in [-0.39, 0.29) is 5.41 Å². The molecule has 0 aliphatic heterocycles. The molecule has 0 unspecified atom stereocenters. The van der Waals surface area contributed by atoms with Gasteiger partial charge in [-0.2, -0.15) is 0 Å². The van der Waals surface area contributed by atoms with E-state index in [1.54, 1.807) is 10.9 Å². The van der Waals surface area contributed by atoms with Gasteiger partial charge in [-0.1, -0.05) is 26.0 Å². The Bertz CT molecular complexity index is 219. The molecular weight excluding hydrogens is 126 g/mol. The lowest BCUT2D eigenvalue weighted by atomic mass is 9.93. The summed E-state index contributed by atoms with van der Waals surface area (Å²) in [5, 5.41) is 7.65. The van der Waals surface area contributed by atoms with Gasteiger partial charge in [0.15, 0.2) is 0 Å². The first-order chi connectivity index (χ1) is 4.52. The van der Waals surface area contributed by atoms with Gasteiger partial charge in [-0.15, -0.1) is 5.10 Å².